The van der Waals surface area contributed by atoms with Crippen LogP contribution in [-0.2, 0) is 24.3 Å². The lowest BCUT2D eigenvalue weighted by atomic mass is 10.1. The molecule has 0 bridgehead atoms. The van der Waals surface area contributed by atoms with Crippen LogP contribution < -0.4 is 0 Å². The number of aryl methyl sites for hydroxylation is 1. The van der Waals surface area contributed by atoms with Crippen LogP contribution in [0.2, 0.25) is 0 Å². The molecule has 0 radical (unpaired) electrons. The highest BCUT2D eigenvalue weighted by Crippen LogP contribution is 2.15. The topological polar surface area (TPSA) is 71.2 Å². The first-order valence-electron chi connectivity index (χ1n) is 6.40. The fraction of sp³-hybridized carbons (Fsp3) is 0.750. The first kappa shape index (κ1) is 13.0. The summed E-state index contributed by atoms with van der Waals surface area (Å²) in [6.07, 6.45) is 3.36. The number of aliphatic carboxylic acids is 1. The van der Waals surface area contributed by atoms with Crippen molar-refractivity contribution in [1.82, 2.24) is 19.7 Å². The highest BCUT2D eigenvalue weighted by molar-refractivity contribution is 5.69. The number of hydrogen-bond acceptors (Lipinski definition) is 4. The molecule has 1 aliphatic rings. The number of nitrogens with zero attached hydrogens (tertiary/aromatic N) is 4. The highest BCUT2D eigenvalue weighted by atomic mass is 16.4. The minimum absolute atomic E-state index is 0.362. The molecule has 1 aromatic heterocycles. The Kier molecular flexibility index (Phi) is 3.96. The van der Waals surface area contributed by atoms with E-state index in [1.807, 2.05) is 11.9 Å². The molecule has 6 heteroatoms. The summed E-state index contributed by atoms with van der Waals surface area (Å²) in [4.78, 5) is 12.8. The second-order valence-electron chi connectivity index (χ2n) is 5.08. The predicted molar refractivity (Wildman–Crippen MR) is 66.1 cm³/mol. The van der Waals surface area contributed by atoms with Gasteiger partial charge < -0.3 is 9.67 Å². The van der Waals surface area contributed by atoms with Crippen molar-refractivity contribution < 1.29 is 9.90 Å². The highest BCUT2D eigenvalue weighted by Gasteiger charge is 2.19. The van der Waals surface area contributed by atoms with Crippen molar-refractivity contribution in [3.8, 4) is 0 Å². The third-order valence-electron chi connectivity index (χ3n) is 3.35. The number of hydrogen-bond donors (Lipinski definition) is 1. The molecule has 18 heavy (non-hydrogen) atoms. The number of carbonyl (C=O) groups is 1. The van der Waals surface area contributed by atoms with Crippen molar-refractivity contribution in [1.29, 1.82) is 0 Å². The minimum Gasteiger partial charge on any atom is -0.481 e. The molecule has 6 nitrogen and oxygen atoms in total. The second kappa shape index (κ2) is 5.48. The van der Waals surface area contributed by atoms with Crippen LogP contribution in [0.25, 0.3) is 0 Å². The quantitative estimate of drug-likeness (QED) is 0.838. The molecule has 100 valence electrons. The molecule has 2 heterocycles. The number of fused-ring (bicyclic) bond motifs is 1. The summed E-state index contributed by atoms with van der Waals surface area (Å²) < 4.78 is 2.17. The van der Waals surface area contributed by atoms with Gasteiger partial charge in [-0.3, -0.25) is 9.69 Å². The third-order valence-corrected chi connectivity index (χ3v) is 3.35. The van der Waals surface area contributed by atoms with E-state index in [0.717, 1.165) is 24.6 Å². The van der Waals surface area contributed by atoms with Gasteiger partial charge in [0.1, 0.15) is 11.6 Å². The van der Waals surface area contributed by atoms with Gasteiger partial charge in [0, 0.05) is 19.5 Å². The van der Waals surface area contributed by atoms with Crippen molar-refractivity contribution in [3.05, 3.63) is 11.6 Å². The summed E-state index contributed by atoms with van der Waals surface area (Å²) in [5.41, 5.74) is 0. The summed E-state index contributed by atoms with van der Waals surface area (Å²) in [6.45, 7) is 3.89. The van der Waals surface area contributed by atoms with Crippen molar-refractivity contribution in [2.45, 2.75) is 39.3 Å². The van der Waals surface area contributed by atoms with E-state index in [9.17, 15) is 4.79 Å². The molecular weight excluding hydrogens is 232 g/mol. The zero-order valence-electron chi connectivity index (χ0n) is 11.0. The van der Waals surface area contributed by atoms with Gasteiger partial charge in [0.05, 0.1) is 12.5 Å². The Morgan fingerprint density at radius 1 is 1.50 bits per heavy atom. The molecule has 2 rings (SSSR count). The zero-order valence-corrected chi connectivity index (χ0v) is 11.0. The van der Waals surface area contributed by atoms with Crippen LogP contribution in [0.15, 0.2) is 0 Å². The van der Waals surface area contributed by atoms with E-state index >= 15 is 0 Å². The molecule has 0 aliphatic carbocycles. The molecule has 0 spiro atoms. The van der Waals surface area contributed by atoms with Gasteiger partial charge in [-0.25, -0.2) is 0 Å². The Morgan fingerprint density at radius 2 is 2.28 bits per heavy atom. The van der Waals surface area contributed by atoms with E-state index in [1.165, 1.54) is 12.8 Å². The van der Waals surface area contributed by atoms with Crippen LogP contribution in [0.1, 0.15) is 31.4 Å². The number of rotatable bonds is 5. The molecule has 0 fully saturated rings. The molecular formula is C12H20N4O2. The smallest absolute Gasteiger partial charge is 0.307 e. The zero-order chi connectivity index (χ0) is 13.1. The van der Waals surface area contributed by atoms with E-state index in [0.29, 0.717) is 13.1 Å². The van der Waals surface area contributed by atoms with Gasteiger partial charge in [0.25, 0.3) is 0 Å². The van der Waals surface area contributed by atoms with Gasteiger partial charge in [0.2, 0.25) is 0 Å². The van der Waals surface area contributed by atoms with Crippen molar-refractivity contribution >= 4 is 5.97 Å². The standard InChI is InChI=1S/C12H20N4O2/c1-9(12(17)18)7-15(2)8-11-14-13-10-5-3-4-6-16(10)11/h9H,3-8H2,1-2H3,(H,17,18). The fourth-order valence-electron chi connectivity index (χ4n) is 2.34. The van der Waals surface area contributed by atoms with Crippen LogP contribution in [-0.4, -0.2) is 44.3 Å². The number of carboxylic acid groups (broad SMARTS) is 1. The van der Waals surface area contributed by atoms with E-state index in [2.05, 4.69) is 14.8 Å². The van der Waals surface area contributed by atoms with E-state index in [4.69, 9.17) is 5.11 Å². The molecule has 0 amide bonds. The van der Waals surface area contributed by atoms with Gasteiger partial charge in [-0.1, -0.05) is 6.92 Å². The second-order valence-corrected chi connectivity index (χ2v) is 5.08. The third kappa shape index (κ3) is 2.87. The molecule has 1 N–H and O–H groups in total. The Labute approximate surface area is 107 Å². The van der Waals surface area contributed by atoms with Gasteiger partial charge in [-0.05, 0) is 19.9 Å². The number of aromatic nitrogens is 3. The van der Waals surface area contributed by atoms with Crippen LogP contribution >= 0.6 is 0 Å². The lowest BCUT2D eigenvalue weighted by Crippen LogP contribution is -2.29. The predicted octanol–water partition coefficient (Wildman–Crippen LogP) is 0.767. The Hall–Kier alpha value is -1.43. The summed E-state index contributed by atoms with van der Waals surface area (Å²) in [5.74, 6) is 0.893. The maximum Gasteiger partial charge on any atom is 0.307 e. The van der Waals surface area contributed by atoms with Gasteiger partial charge in [-0.15, -0.1) is 10.2 Å². The summed E-state index contributed by atoms with van der Waals surface area (Å²) in [7, 11) is 1.92. The molecule has 0 aromatic carbocycles. The molecule has 0 saturated heterocycles. The van der Waals surface area contributed by atoms with Crippen LogP contribution in [0.3, 0.4) is 0 Å². The maximum absolute atomic E-state index is 10.8. The Balaban J connectivity index is 1.97. The van der Waals surface area contributed by atoms with Crippen molar-refractivity contribution in [2.24, 2.45) is 5.92 Å². The van der Waals surface area contributed by atoms with Gasteiger partial charge in [0.15, 0.2) is 0 Å². The van der Waals surface area contributed by atoms with Crippen LogP contribution in [0, 0.1) is 5.92 Å². The van der Waals surface area contributed by atoms with Gasteiger partial charge in [-0.2, -0.15) is 0 Å². The van der Waals surface area contributed by atoms with Crippen molar-refractivity contribution in [2.75, 3.05) is 13.6 Å². The molecule has 1 aromatic rings. The lowest BCUT2D eigenvalue weighted by Gasteiger charge is -2.20. The fourth-order valence-corrected chi connectivity index (χ4v) is 2.34. The Bertz CT molecular complexity index is 430. The van der Waals surface area contributed by atoms with Gasteiger partial charge >= 0.3 is 5.97 Å². The van der Waals surface area contributed by atoms with Crippen LogP contribution in [0.4, 0.5) is 0 Å². The largest absolute Gasteiger partial charge is 0.481 e. The van der Waals surface area contributed by atoms with Crippen LogP contribution in [0.5, 0.6) is 0 Å². The van der Waals surface area contributed by atoms with E-state index in [1.54, 1.807) is 6.92 Å². The Morgan fingerprint density at radius 3 is 3.00 bits per heavy atom. The first-order valence-corrected chi connectivity index (χ1v) is 6.40. The molecule has 1 unspecified atom stereocenters. The minimum atomic E-state index is -0.759. The normalized spacial score (nSPS) is 16.6. The first-order chi connectivity index (χ1) is 8.58. The monoisotopic (exact) mass is 252 g/mol. The summed E-state index contributed by atoms with van der Waals surface area (Å²) >= 11 is 0. The SMILES string of the molecule is CC(CN(C)Cc1nnc2n1CCCC2)C(=O)O. The average Bonchev–Trinajstić information content (AvgIpc) is 2.72. The molecule has 1 aliphatic heterocycles. The summed E-state index contributed by atoms with van der Waals surface area (Å²) in [6, 6.07) is 0. The van der Waals surface area contributed by atoms with Crippen molar-refractivity contribution in [3.63, 3.8) is 0 Å². The molecule has 0 saturated carbocycles. The van der Waals surface area contributed by atoms with E-state index in [-0.39, 0.29) is 5.92 Å². The molecule has 1 atom stereocenters. The maximum atomic E-state index is 10.8. The van der Waals surface area contributed by atoms with E-state index < -0.39 is 5.97 Å². The summed E-state index contributed by atoms with van der Waals surface area (Å²) in [5, 5.41) is 17.3. The average molecular weight is 252 g/mol. The lowest BCUT2D eigenvalue weighted by molar-refractivity contribution is -0.141. The number of carboxylic acids is 1.